The fourth-order valence-corrected chi connectivity index (χ4v) is 3.30. The topological polar surface area (TPSA) is 72.1 Å². The van der Waals surface area contributed by atoms with Crippen LogP contribution in [0.4, 0.5) is 0 Å². The summed E-state index contributed by atoms with van der Waals surface area (Å²) in [5.41, 5.74) is 4.40. The van der Waals surface area contributed by atoms with E-state index < -0.39 is 0 Å². The van der Waals surface area contributed by atoms with Crippen molar-refractivity contribution in [1.29, 1.82) is 0 Å². The molecule has 0 bridgehead atoms. The lowest BCUT2D eigenvalue weighted by Gasteiger charge is -2.12. The Bertz CT molecular complexity index is 1100. The predicted octanol–water partition coefficient (Wildman–Crippen LogP) is 3.99. The number of nitrogens with zero attached hydrogens (tertiary/aromatic N) is 5. The molecule has 0 atom stereocenters. The van der Waals surface area contributed by atoms with Crippen molar-refractivity contribution in [3.05, 3.63) is 102 Å². The Labute approximate surface area is 205 Å². The zero-order valence-electron chi connectivity index (χ0n) is 18.1. The molecule has 2 aromatic heterocycles. The van der Waals surface area contributed by atoms with E-state index >= 15 is 0 Å². The summed E-state index contributed by atoms with van der Waals surface area (Å²) in [5, 5.41) is 15.7. The van der Waals surface area contributed by atoms with Crippen LogP contribution in [0.25, 0.3) is 5.69 Å². The summed E-state index contributed by atoms with van der Waals surface area (Å²) in [5.74, 6) is 0.769. The van der Waals surface area contributed by atoms with Crippen LogP contribution < -0.4 is 10.6 Å². The highest BCUT2D eigenvalue weighted by Gasteiger charge is 2.05. The lowest BCUT2D eigenvalue weighted by Crippen LogP contribution is -2.37. The van der Waals surface area contributed by atoms with Crippen molar-refractivity contribution in [2.45, 2.75) is 26.6 Å². The van der Waals surface area contributed by atoms with Crippen LogP contribution in [-0.4, -0.2) is 32.1 Å². The first kappa shape index (κ1) is 23.5. The molecule has 2 aromatic carbocycles. The number of hydrogen-bond acceptors (Lipinski definition) is 3. The van der Waals surface area contributed by atoms with Crippen LogP contribution >= 0.6 is 24.0 Å². The van der Waals surface area contributed by atoms with Gasteiger partial charge < -0.3 is 10.6 Å². The molecule has 0 aliphatic heterocycles. The van der Waals surface area contributed by atoms with Gasteiger partial charge in [-0.1, -0.05) is 42.5 Å². The zero-order valence-corrected chi connectivity index (χ0v) is 20.4. The molecule has 2 heterocycles. The Morgan fingerprint density at radius 2 is 1.69 bits per heavy atom. The summed E-state index contributed by atoms with van der Waals surface area (Å²) in [6.45, 7) is 4.78. The van der Waals surface area contributed by atoms with E-state index in [2.05, 4.69) is 46.0 Å². The van der Waals surface area contributed by atoms with E-state index in [1.54, 1.807) is 6.20 Å². The van der Waals surface area contributed by atoms with Crippen molar-refractivity contribution in [3.63, 3.8) is 0 Å². The van der Waals surface area contributed by atoms with E-state index in [0.29, 0.717) is 13.1 Å². The number of para-hydroxylation sites is 1. The summed E-state index contributed by atoms with van der Waals surface area (Å²) in [6, 6.07) is 22.4. The van der Waals surface area contributed by atoms with Gasteiger partial charge >= 0.3 is 0 Å². The largest absolute Gasteiger partial charge is 0.357 e. The monoisotopic (exact) mass is 541 g/mol. The number of benzene rings is 2. The highest BCUT2D eigenvalue weighted by molar-refractivity contribution is 14.0. The fourth-order valence-electron chi connectivity index (χ4n) is 3.30. The summed E-state index contributed by atoms with van der Waals surface area (Å²) in [6.07, 6.45) is 5.75. The average molecular weight is 541 g/mol. The SMILES string of the molecule is CCNC(=NCc1ccccc1Cn1cccn1)NCc1ccn(-c2ccccc2)n1.I. The maximum absolute atomic E-state index is 4.78. The summed E-state index contributed by atoms with van der Waals surface area (Å²) >= 11 is 0. The van der Waals surface area contributed by atoms with Crippen molar-refractivity contribution in [1.82, 2.24) is 30.2 Å². The molecule has 0 aliphatic carbocycles. The Morgan fingerprint density at radius 3 is 2.44 bits per heavy atom. The van der Waals surface area contributed by atoms with Gasteiger partial charge in [0.25, 0.3) is 0 Å². The summed E-state index contributed by atoms with van der Waals surface area (Å²) in [4.78, 5) is 4.78. The molecule has 0 aliphatic rings. The van der Waals surface area contributed by atoms with Crippen molar-refractivity contribution >= 4 is 29.9 Å². The van der Waals surface area contributed by atoms with Gasteiger partial charge in [-0.2, -0.15) is 10.2 Å². The van der Waals surface area contributed by atoms with E-state index in [1.807, 2.05) is 70.3 Å². The van der Waals surface area contributed by atoms with Crippen molar-refractivity contribution in [3.8, 4) is 5.69 Å². The smallest absolute Gasteiger partial charge is 0.191 e. The number of rotatable bonds is 8. The standard InChI is InChI=1S/C24H27N7.HI/c1-2-25-24(27-18-22-13-16-31(29-22)23-11-4-3-5-12-23)26-17-20-9-6-7-10-21(20)19-30-15-8-14-28-30;/h3-16H,2,17-19H2,1H3,(H2,25,26,27);1H. The van der Waals surface area contributed by atoms with Crippen LogP contribution in [0.1, 0.15) is 23.7 Å². The van der Waals surface area contributed by atoms with Gasteiger partial charge in [0.05, 0.1) is 31.0 Å². The Kier molecular flexibility index (Phi) is 8.85. The molecular weight excluding hydrogens is 513 g/mol. The molecule has 0 unspecified atom stereocenters. The van der Waals surface area contributed by atoms with Crippen LogP contribution in [-0.2, 0) is 19.6 Å². The van der Waals surface area contributed by atoms with Crippen LogP contribution in [0.15, 0.2) is 90.3 Å². The first-order chi connectivity index (χ1) is 15.3. The number of guanidine groups is 1. The highest BCUT2D eigenvalue weighted by atomic mass is 127. The predicted molar refractivity (Wildman–Crippen MR) is 138 cm³/mol. The van der Waals surface area contributed by atoms with E-state index in [4.69, 9.17) is 4.99 Å². The highest BCUT2D eigenvalue weighted by Crippen LogP contribution is 2.12. The zero-order chi connectivity index (χ0) is 21.3. The van der Waals surface area contributed by atoms with Crippen LogP contribution in [0.5, 0.6) is 0 Å². The molecule has 0 radical (unpaired) electrons. The quantitative estimate of drug-likeness (QED) is 0.201. The van der Waals surface area contributed by atoms with Gasteiger partial charge in [-0.3, -0.25) is 4.68 Å². The maximum Gasteiger partial charge on any atom is 0.191 e. The van der Waals surface area contributed by atoms with Gasteiger partial charge in [0.2, 0.25) is 0 Å². The van der Waals surface area contributed by atoms with Gasteiger partial charge in [-0.15, -0.1) is 24.0 Å². The minimum atomic E-state index is 0. The molecule has 7 nitrogen and oxygen atoms in total. The van der Waals surface area contributed by atoms with E-state index in [0.717, 1.165) is 30.4 Å². The fraction of sp³-hybridized carbons (Fsp3) is 0.208. The second-order valence-electron chi connectivity index (χ2n) is 7.11. The molecule has 4 rings (SSSR count). The number of aromatic nitrogens is 4. The first-order valence-corrected chi connectivity index (χ1v) is 10.5. The number of halogens is 1. The van der Waals surface area contributed by atoms with Gasteiger partial charge in [0.15, 0.2) is 5.96 Å². The minimum absolute atomic E-state index is 0. The number of aliphatic imine (C=N–C) groups is 1. The van der Waals surface area contributed by atoms with Crippen LogP contribution in [0, 0.1) is 0 Å². The third-order valence-electron chi connectivity index (χ3n) is 4.86. The molecule has 0 spiro atoms. The van der Waals surface area contributed by atoms with E-state index in [9.17, 15) is 0 Å². The Hall–Kier alpha value is -3.14. The molecule has 0 saturated carbocycles. The summed E-state index contributed by atoms with van der Waals surface area (Å²) in [7, 11) is 0. The van der Waals surface area contributed by atoms with E-state index in [-0.39, 0.29) is 24.0 Å². The molecule has 166 valence electrons. The number of hydrogen-bond donors (Lipinski definition) is 2. The molecule has 0 fully saturated rings. The molecule has 8 heteroatoms. The van der Waals surface area contributed by atoms with Crippen molar-refractivity contribution in [2.24, 2.45) is 4.99 Å². The lowest BCUT2D eigenvalue weighted by molar-refractivity contribution is 0.680. The van der Waals surface area contributed by atoms with Gasteiger partial charge in [-0.25, -0.2) is 9.67 Å². The summed E-state index contributed by atoms with van der Waals surface area (Å²) < 4.78 is 3.81. The molecule has 0 amide bonds. The van der Waals surface area contributed by atoms with Crippen molar-refractivity contribution < 1.29 is 0 Å². The second kappa shape index (κ2) is 12.0. The second-order valence-corrected chi connectivity index (χ2v) is 7.11. The molecule has 0 saturated heterocycles. The third-order valence-corrected chi connectivity index (χ3v) is 4.86. The van der Waals surface area contributed by atoms with Crippen LogP contribution in [0.3, 0.4) is 0 Å². The Balaban J connectivity index is 0.00000289. The van der Waals surface area contributed by atoms with E-state index in [1.165, 1.54) is 11.1 Å². The van der Waals surface area contributed by atoms with Gasteiger partial charge in [-0.05, 0) is 42.3 Å². The minimum Gasteiger partial charge on any atom is -0.357 e. The maximum atomic E-state index is 4.78. The molecular formula is C24H28IN7. The molecule has 32 heavy (non-hydrogen) atoms. The van der Waals surface area contributed by atoms with Gasteiger partial charge in [0.1, 0.15) is 0 Å². The van der Waals surface area contributed by atoms with Gasteiger partial charge in [0, 0.05) is 25.1 Å². The first-order valence-electron chi connectivity index (χ1n) is 10.5. The third kappa shape index (κ3) is 6.43. The Morgan fingerprint density at radius 1 is 0.906 bits per heavy atom. The van der Waals surface area contributed by atoms with Crippen LogP contribution in [0.2, 0.25) is 0 Å². The molecule has 2 N–H and O–H groups in total. The number of nitrogens with one attached hydrogen (secondary N) is 2. The average Bonchev–Trinajstić information content (AvgIpc) is 3.49. The molecule has 4 aromatic rings. The van der Waals surface area contributed by atoms with Crippen molar-refractivity contribution in [2.75, 3.05) is 6.54 Å². The lowest BCUT2D eigenvalue weighted by atomic mass is 10.1. The normalized spacial score (nSPS) is 11.1.